The highest BCUT2D eigenvalue weighted by molar-refractivity contribution is 5.92. The van der Waals surface area contributed by atoms with E-state index >= 15 is 0 Å². The maximum absolute atomic E-state index is 12.9. The first kappa shape index (κ1) is 17.9. The summed E-state index contributed by atoms with van der Waals surface area (Å²) in [4.78, 5) is 14.9. The van der Waals surface area contributed by atoms with Gasteiger partial charge in [-0.15, -0.1) is 0 Å². The number of aromatic nitrogens is 1. The Morgan fingerprint density at radius 3 is 2.48 bits per heavy atom. The van der Waals surface area contributed by atoms with Crippen LogP contribution in [0.2, 0.25) is 0 Å². The summed E-state index contributed by atoms with van der Waals surface area (Å²) in [5, 5.41) is 0. The van der Waals surface area contributed by atoms with Gasteiger partial charge in [-0.3, -0.25) is 4.79 Å². The molecule has 1 amide bonds. The molecule has 0 N–H and O–H groups in total. The van der Waals surface area contributed by atoms with Crippen molar-refractivity contribution in [3.63, 3.8) is 0 Å². The van der Waals surface area contributed by atoms with E-state index in [2.05, 4.69) is 24.5 Å². The van der Waals surface area contributed by atoms with Crippen molar-refractivity contribution in [2.45, 2.75) is 58.2 Å². The molecule has 0 spiro atoms. The average Bonchev–Trinajstić information content (AvgIpc) is 3.58. The Morgan fingerprint density at radius 2 is 1.89 bits per heavy atom. The molecule has 2 aliphatic carbocycles. The van der Waals surface area contributed by atoms with Gasteiger partial charge in [0.15, 0.2) is 0 Å². The Hall–Kier alpha value is -2.49. The summed E-state index contributed by atoms with van der Waals surface area (Å²) in [6, 6.07) is 11.2. The highest BCUT2D eigenvalue weighted by Gasteiger charge is 2.31. The number of rotatable bonds is 7. The number of carbonyl (C=O) groups excluding carboxylic acids is 1. The van der Waals surface area contributed by atoms with E-state index in [0.717, 1.165) is 29.7 Å². The van der Waals surface area contributed by atoms with Crippen molar-refractivity contribution in [2.24, 2.45) is 0 Å². The van der Waals surface area contributed by atoms with Crippen LogP contribution in [0, 0.1) is 13.8 Å². The summed E-state index contributed by atoms with van der Waals surface area (Å²) < 4.78 is 7.64. The SMILES string of the molecule is COc1ccc(CN(C(=O)/C=C/c2cc(C)n(C3CC3)c2C)C2CC2)cc1. The smallest absolute Gasteiger partial charge is 0.247 e. The second-order valence-corrected chi connectivity index (χ2v) is 7.81. The van der Waals surface area contributed by atoms with Crippen LogP contribution in [-0.4, -0.2) is 28.5 Å². The topological polar surface area (TPSA) is 34.5 Å². The van der Waals surface area contributed by atoms with Gasteiger partial charge in [0.25, 0.3) is 0 Å². The molecule has 2 aliphatic rings. The molecular weight excluding hydrogens is 336 g/mol. The van der Waals surface area contributed by atoms with Crippen LogP contribution in [0.4, 0.5) is 0 Å². The first-order valence-electron chi connectivity index (χ1n) is 9.87. The maximum Gasteiger partial charge on any atom is 0.247 e. The summed E-state index contributed by atoms with van der Waals surface area (Å²) in [6.45, 7) is 4.97. The van der Waals surface area contributed by atoms with Crippen LogP contribution < -0.4 is 4.74 Å². The summed E-state index contributed by atoms with van der Waals surface area (Å²) >= 11 is 0. The number of hydrogen-bond donors (Lipinski definition) is 0. The molecule has 2 saturated carbocycles. The van der Waals surface area contributed by atoms with Gasteiger partial charge in [-0.2, -0.15) is 0 Å². The molecule has 0 saturated heterocycles. The highest BCUT2D eigenvalue weighted by Crippen LogP contribution is 2.38. The van der Waals surface area contributed by atoms with Crippen LogP contribution in [0.1, 0.15) is 54.2 Å². The molecule has 1 heterocycles. The van der Waals surface area contributed by atoms with Crippen molar-refractivity contribution < 1.29 is 9.53 Å². The van der Waals surface area contributed by atoms with Crippen molar-refractivity contribution in [3.05, 3.63) is 58.9 Å². The number of amides is 1. The quantitative estimate of drug-likeness (QED) is 0.670. The van der Waals surface area contributed by atoms with E-state index in [1.54, 1.807) is 13.2 Å². The molecule has 1 aromatic carbocycles. The predicted octanol–water partition coefficient (Wildman–Crippen LogP) is 4.65. The van der Waals surface area contributed by atoms with Crippen LogP contribution in [0.15, 0.2) is 36.4 Å². The van der Waals surface area contributed by atoms with E-state index in [1.165, 1.54) is 24.2 Å². The van der Waals surface area contributed by atoms with Crippen molar-refractivity contribution in [1.82, 2.24) is 9.47 Å². The number of methoxy groups -OCH3 is 1. The summed E-state index contributed by atoms with van der Waals surface area (Å²) in [5.74, 6) is 0.943. The molecule has 27 heavy (non-hydrogen) atoms. The van der Waals surface area contributed by atoms with Crippen LogP contribution in [0.5, 0.6) is 5.75 Å². The first-order chi connectivity index (χ1) is 13.1. The Morgan fingerprint density at radius 1 is 1.19 bits per heavy atom. The zero-order chi connectivity index (χ0) is 19.0. The molecule has 0 radical (unpaired) electrons. The second kappa shape index (κ2) is 7.26. The predicted molar refractivity (Wildman–Crippen MR) is 108 cm³/mol. The van der Waals surface area contributed by atoms with Gasteiger partial charge < -0.3 is 14.2 Å². The van der Waals surface area contributed by atoms with E-state index in [9.17, 15) is 4.79 Å². The molecule has 0 bridgehead atoms. The molecule has 0 aliphatic heterocycles. The summed E-state index contributed by atoms with van der Waals surface area (Å²) in [5.41, 5.74) is 4.86. The van der Waals surface area contributed by atoms with Gasteiger partial charge in [-0.05, 0) is 74.9 Å². The van der Waals surface area contributed by atoms with Gasteiger partial charge in [0.1, 0.15) is 5.75 Å². The Bertz CT molecular complexity index is 855. The van der Waals surface area contributed by atoms with E-state index < -0.39 is 0 Å². The lowest BCUT2D eigenvalue weighted by Crippen LogP contribution is -2.31. The summed E-state index contributed by atoms with van der Waals surface area (Å²) in [6.07, 6.45) is 8.50. The van der Waals surface area contributed by atoms with Gasteiger partial charge in [0.2, 0.25) is 5.91 Å². The molecule has 4 heteroatoms. The van der Waals surface area contributed by atoms with Crippen molar-refractivity contribution in [2.75, 3.05) is 7.11 Å². The number of hydrogen-bond acceptors (Lipinski definition) is 2. The van der Waals surface area contributed by atoms with Gasteiger partial charge in [-0.25, -0.2) is 0 Å². The zero-order valence-electron chi connectivity index (χ0n) is 16.4. The van der Waals surface area contributed by atoms with Crippen molar-refractivity contribution in [3.8, 4) is 5.75 Å². The van der Waals surface area contributed by atoms with Crippen molar-refractivity contribution >= 4 is 12.0 Å². The molecule has 142 valence electrons. The van der Waals surface area contributed by atoms with Crippen LogP contribution in [0.3, 0.4) is 0 Å². The number of benzene rings is 1. The van der Waals surface area contributed by atoms with E-state index in [-0.39, 0.29) is 5.91 Å². The number of nitrogens with zero attached hydrogens (tertiary/aromatic N) is 2. The third kappa shape index (κ3) is 3.95. The molecule has 1 aromatic heterocycles. The lowest BCUT2D eigenvalue weighted by atomic mass is 10.2. The molecule has 4 rings (SSSR count). The molecule has 2 fully saturated rings. The van der Waals surface area contributed by atoms with Gasteiger partial charge in [0.05, 0.1) is 7.11 Å². The summed E-state index contributed by atoms with van der Waals surface area (Å²) in [7, 11) is 1.67. The Labute approximate surface area is 161 Å². The molecule has 0 unspecified atom stereocenters. The van der Waals surface area contributed by atoms with Gasteiger partial charge in [0, 0.05) is 36.1 Å². The van der Waals surface area contributed by atoms with Crippen LogP contribution in [-0.2, 0) is 11.3 Å². The second-order valence-electron chi connectivity index (χ2n) is 7.81. The molecule has 4 nitrogen and oxygen atoms in total. The largest absolute Gasteiger partial charge is 0.497 e. The van der Waals surface area contributed by atoms with Crippen molar-refractivity contribution in [1.29, 1.82) is 0 Å². The number of aryl methyl sites for hydroxylation is 1. The zero-order valence-corrected chi connectivity index (χ0v) is 16.4. The minimum absolute atomic E-state index is 0.101. The van der Waals surface area contributed by atoms with Gasteiger partial charge >= 0.3 is 0 Å². The maximum atomic E-state index is 12.9. The van der Waals surface area contributed by atoms with E-state index in [1.807, 2.05) is 35.2 Å². The molecule has 2 aromatic rings. The number of ether oxygens (including phenoxy) is 1. The minimum atomic E-state index is 0.101. The van der Waals surface area contributed by atoms with Gasteiger partial charge in [-0.1, -0.05) is 12.1 Å². The lowest BCUT2D eigenvalue weighted by molar-refractivity contribution is -0.127. The first-order valence-corrected chi connectivity index (χ1v) is 9.87. The fourth-order valence-corrected chi connectivity index (χ4v) is 3.82. The monoisotopic (exact) mass is 364 g/mol. The standard InChI is InChI=1S/C23H28N2O2/c1-16-14-19(17(2)25(16)21-9-10-21)6-13-23(26)24(20-7-8-20)15-18-4-11-22(27-3)12-5-18/h4-6,11-14,20-21H,7-10,15H2,1-3H3/b13-6+. The normalized spacial score (nSPS) is 16.7. The third-order valence-corrected chi connectivity index (χ3v) is 5.62. The highest BCUT2D eigenvalue weighted by atomic mass is 16.5. The lowest BCUT2D eigenvalue weighted by Gasteiger charge is -2.21. The van der Waals surface area contributed by atoms with E-state index in [4.69, 9.17) is 4.74 Å². The Kier molecular flexibility index (Phi) is 4.81. The third-order valence-electron chi connectivity index (χ3n) is 5.62. The van der Waals surface area contributed by atoms with Crippen LogP contribution >= 0.6 is 0 Å². The average molecular weight is 364 g/mol. The molecular formula is C23H28N2O2. The fourth-order valence-electron chi connectivity index (χ4n) is 3.82. The Balaban J connectivity index is 1.47. The molecule has 0 atom stereocenters. The van der Waals surface area contributed by atoms with Crippen LogP contribution in [0.25, 0.3) is 6.08 Å². The number of carbonyl (C=O) groups is 1. The fraction of sp³-hybridized carbons (Fsp3) is 0.435. The van der Waals surface area contributed by atoms with E-state index in [0.29, 0.717) is 18.6 Å². The minimum Gasteiger partial charge on any atom is -0.497 e.